The molecule has 0 amide bonds. The van der Waals surface area contributed by atoms with Gasteiger partial charge in [0.25, 0.3) is 0 Å². The number of carbonyl (C=O) groups is 1. The minimum Gasteiger partial charge on any atom is -0.462 e. The zero-order valence-electron chi connectivity index (χ0n) is 17.2. The Balaban J connectivity index is 2.29. The number of benzene rings is 1. The van der Waals surface area contributed by atoms with Crippen LogP contribution in [0.25, 0.3) is 0 Å². The second kappa shape index (κ2) is 9.72. The first-order valence-corrected chi connectivity index (χ1v) is 10.4. The van der Waals surface area contributed by atoms with Crippen LogP contribution in [0, 0.1) is 17.2 Å². The lowest BCUT2D eigenvalue weighted by atomic mass is 9.93. The molecule has 6 heteroatoms. The Morgan fingerprint density at radius 3 is 2.32 bits per heavy atom. The van der Waals surface area contributed by atoms with E-state index in [2.05, 4.69) is 63.3 Å². The molecule has 0 unspecified atom stereocenters. The standard InChI is InChI=1S/C22H29N3O2S/c1-6-27-22(26)20-18(17(11-23)21(24)28-20)12-25-19(14(4)5)16-9-7-15(8-10-16)13(2)3/h7-10,13-14,19,25H,6,12,24H2,1-5H3/t19-/m0/s1. The number of esters is 1. The summed E-state index contributed by atoms with van der Waals surface area (Å²) >= 11 is 1.12. The molecule has 0 bridgehead atoms. The first kappa shape index (κ1) is 21.9. The molecule has 2 aromatic rings. The van der Waals surface area contributed by atoms with Crippen molar-refractivity contribution in [2.45, 2.75) is 53.1 Å². The average Bonchev–Trinajstić information content (AvgIpc) is 2.97. The molecule has 1 atom stereocenters. The Kier molecular flexibility index (Phi) is 7.61. The molecule has 28 heavy (non-hydrogen) atoms. The van der Waals surface area contributed by atoms with Crippen LogP contribution in [0.5, 0.6) is 0 Å². The van der Waals surface area contributed by atoms with E-state index in [1.165, 1.54) is 11.1 Å². The van der Waals surface area contributed by atoms with Crippen molar-refractivity contribution in [3.8, 4) is 6.07 Å². The molecular formula is C22H29N3O2S. The molecular weight excluding hydrogens is 370 g/mol. The van der Waals surface area contributed by atoms with Crippen molar-refractivity contribution in [2.75, 3.05) is 12.3 Å². The molecule has 2 rings (SSSR count). The summed E-state index contributed by atoms with van der Waals surface area (Å²) in [7, 11) is 0. The molecule has 0 saturated carbocycles. The number of hydrogen-bond acceptors (Lipinski definition) is 6. The highest BCUT2D eigenvalue weighted by Crippen LogP contribution is 2.32. The Labute approximate surface area is 171 Å². The van der Waals surface area contributed by atoms with Crippen LogP contribution in [0.1, 0.15) is 78.5 Å². The van der Waals surface area contributed by atoms with Crippen molar-refractivity contribution in [1.29, 1.82) is 5.26 Å². The third-order valence-electron chi connectivity index (χ3n) is 4.73. The van der Waals surface area contributed by atoms with E-state index < -0.39 is 5.97 Å². The van der Waals surface area contributed by atoms with Gasteiger partial charge in [-0.05, 0) is 29.9 Å². The van der Waals surface area contributed by atoms with Gasteiger partial charge in [0, 0.05) is 18.2 Å². The predicted octanol–water partition coefficient (Wildman–Crippen LogP) is 4.99. The maximum Gasteiger partial charge on any atom is 0.348 e. The van der Waals surface area contributed by atoms with Crippen molar-refractivity contribution in [1.82, 2.24) is 5.32 Å². The van der Waals surface area contributed by atoms with E-state index in [1.54, 1.807) is 6.92 Å². The molecule has 0 aliphatic carbocycles. The van der Waals surface area contributed by atoms with Gasteiger partial charge in [-0.15, -0.1) is 11.3 Å². The van der Waals surface area contributed by atoms with Crippen LogP contribution in [0.15, 0.2) is 24.3 Å². The summed E-state index contributed by atoms with van der Waals surface area (Å²) in [5.41, 5.74) is 9.43. The summed E-state index contributed by atoms with van der Waals surface area (Å²) in [5.74, 6) is 0.385. The van der Waals surface area contributed by atoms with Gasteiger partial charge in [-0.2, -0.15) is 5.26 Å². The summed E-state index contributed by atoms with van der Waals surface area (Å²) in [6.45, 7) is 11.1. The Bertz CT molecular complexity index is 848. The minimum absolute atomic E-state index is 0.0870. The first-order valence-electron chi connectivity index (χ1n) is 9.61. The zero-order chi connectivity index (χ0) is 20.8. The quantitative estimate of drug-likeness (QED) is 0.611. The lowest BCUT2D eigenvalue weighted by Gasteiger charge is -2.24. The van der Waals surface area contributed by atoms with Gasteiger partial charge in [-0.1, -0.05) is 52.0 Å². The van der Waals surface area contributed by atoms with Crippen LogP contribution in [-0.2, 0) is 11.3 Å². The number of thiophene rings is 1. The van der Waals surface area contributed by atoms with E-state index >= 15 is 0 Å². The highest BCUT2D eigenvalue weighted by Gasteiger charge is 2.24. The van der Waals surface area contributed by atoms with Crippen LogP contribution < -0.4 is 11.1 Å². The minimum atomic E-state index is -0.431. The van der Waals surface area contributed by atoms with Gasteiger partial charge < -0.3 is 15.8 Å². The second-order valence-electron chi connectivity index (χ2n) is 7.41. The molecule has 1 aromatic heterocycles. The van der Waals surface area contributed by atoms with Gasteiger partial charge in [0.2, 0.25) is 0 Å². The maximum absolute atomic E-state index is 12.3. The van der Waals surface area contributed by atoms with Crippen LogP contribution in [-0.4, -0.2) is 12.6 Å². The summed E-state index contributed by atoms with van der Waals surface area (Å²) in [4.78, 5) is 12.7. The van der Waals surface area contributed by atoms with E-state index in [0.717, 1.165) is 11.3 Å². The number of nitrogens with one attached hydrogen (secondary N) is 1. The third-order valence-corrected chi connectivity index (χ3v) is 5.78. The van der Waals surface area contributed by atoms with Gasteiger partial charge in [0.1, 0.15) is 15.9 Å². The molecule has 0 saturated heterocycles. The second-order valence-corrected chi connectivity index (χ2v) is 8.46. The summed E-state index contributed by atoms with van der Waals surface area (Å²) in [5, 5.41) is 13.4. The molecule has 5 nitrogen and oxygen atoms in total. The van der Waals surface area contributed by atoms with E-state index in [0.29, 0.717) is 39.4 Å². The highest BCUT2D eigenvalue weighted by atomic mass is 32.1. The van der Waals surface area contributed by atoms with Crippen molar-refractivity contribution in [3.05, 3.63) is 51.4 Å². The maximum atomic E-state index is 12.3. The molecule has 1 aromatic carbocycles. The van der Waals surface area contributed by atoms with Gasteiger partial charge in [0.05, 0.1) is 12.2 Å². The van der Waals surface area contributed by atoms with E-state index in [9.17, 15) is 10.1 Å². The number of ether oxygens (including phenoxy) is 1. The number of carbonyl (C=O) groups excluding carboxylic acids is 1. The van der Waals surface area contributed by atoms with Crippen molar-refractivity contribution < 1.29 is 9.53 Å². The normalized spacial score (nSPS) is 12.2. The third kappa shape index (κ3) is 4.92. The largest absolute Gasteiger partial charge is 0.462 e. The molecule has 1 heterocycles. The fourth-order valence-corrected chi connectivity index (χ4v) is 4.11. The van der Waals surface area contributed by atoms with Gasteiger partial charge in [-0.3, -0.25) is 0 Å². The SMILES string of the molecule is CCOC(=O)c1sc(N)c(C#N)c1CN[C@H](c1ccc(C(C)C)cc1)C(C)C. The average molecular weight is 400 g/mol. The lowest BCUT2D eigenvalue weighted by molar-refractivity contribution is 0.0530. The van der Waals surface area contributed by atoms with Gasteiger partial charge >= 0.3 is 5.97 Å². The van der Waals surface area contributed by atoms with Crippen LogP contribution in [0.3, 0.4) is 0 Å². The monoisotopic (exact) mass is 399 g/mol. The molecule has 0 radical (unpaired) electrons. The summed E-state index contributed by atoms with van der Waals surface area (Å²) in [6, 6.07) is 10.8. The van der Waals surface area contributed by atoms with Gasteiger partial charge in [-0.25, -0.2) is 4.79 Å². The highest BCUT2D eigenvalue weighted by molar-refractivity contribution is 7.18. The molecule has 0 spiro atoms. The fourth-order valence-electron chi connectivity index (χ4n) is 3.18. The topological polar surface area (TPSA) is 88.1 Å². The van der Waals surface area contributed by atoms with Crippen molar-refractivity contribution in [2.24, 2.45) is 5.92 Å². The Morgan fingerprint density at radius 2 is 1.82 bits per heavy atom. The van der Waals surface area contributed by atoms with Crippen molar-refractivity contribution >= 4 is 22.3 Å². The molecule has 0 aliphatic heterocycles. The fraction of sp³-hybridized carbons (Fsp3) is 0.455. The van der Waals surface area contributed by atoms with E-state index in [1.807, 2.05) is 0 Å². The number of nitrogen functional groups attached to an aromatic ring is 1. The summed E-state index contributed by atoms with van der Waals surface area (Å²) in [6.07, 6.45) is 0. The van der Waals surface area contributed by atoms with E-state index in [4.69, 9.17) is 10.5 Å². The van der Waals surface area contributed by atoms with Crippen molar-refractivity contribution in [3.63, 3.8) is 0 Å². The number of anilines is 1. The van der Waals surface area contributed by atoms with E-state index in [-0.39, 0.29) is 12.6 Å². The number of nitrogens with two attached hydrogens (primary N) is 1. The molecule has 150 valence electrons. The smallest absolute Gasteiger partial charge is 0.348 e. The van der Waals surface area contributed by atoms with Gasteiger partial charge in [0.15, 0.2) is 0 Å². The summed E-state index contributed by atoms with van der Waals surface area (Å²) < 4.78 is 5.13. The molecule has 0 fully saturated rings. The number of nitrogens with zero attached hydrogens (tertiary/aromatic N) is 1. The number of rotatable bonds is 8. The first-order chi connectivity index (χ1) is 13.3. The number of nitriles is 1. The van der Waals surface area contributed by atoms with Crippen LogP contribution in [0.4, 0.5) is 5.00 Å². The van der Waals surface area contributed by atoms with Crippen LogP contribution in [0.2, 0.25) is 0 Å². The molecule has 3 N–H and O–H groups in total. The zero-order valence-corrected chi connectivity index (χ0v) is 18.0. The predicted molar refractivity (Wildman–Crippen MR) is 114 cm³/mol. The Morgan fingerprint density at radius 1 is 1.21 bits per heavy atom. The molecule has 0 aliphatic rings. The lowest BCUT2D eigenvalue weighted by Crippen LogP contribution is -2.26. The number of hydrogen-bond donors (Lipinski definition) is 2. The van der Waals surface area contributed by atoms with Crippen LogP contribution >= 0.6 is 11.3 Å². The Hall–Kier alpha value is -2.36.